The Morgan fingerprint density at radius 1 is 1.58 bits per heavy atom. The van der Waals surface area contributed by atoms with Crippen molar-refractivity contribution in [1.29, 1.82) is 0 Å². The normalized spacial score (nSPS) is 22.8. The minimum absolute atomic E-state index is 0.181. The number of rotatable bonds is 4. The van der Waals surface area contributed by atoms with Gasteiger partial charge in [0, 0.05) is 0 Å². The zero-order chi connectivity index (χ0) is 9.14. The van der Waals surface area contributed by atoms with E-state index in [0.717, 1.165) is 19.3 Å². The maximum Gasteiger partial charge on any atom is 0.320 e. The van der Waals surface area contributed by atoms with E-state index in [1.807, 2.05) is 0 Å². The van der Waals surface area contributed by atoms with Crippen LogP contribution in [-0.2, 0) is 4.79 Å². The van der Waals surface area contributed by atoms with Crippen LogP contribution < -0.4 is 5.73 Å². The van der Waals surface area contributed by atoms with Crippen molar-refractivity contribution in [2.24, 2.45) is 11.7 Å². The molecule has 1 aliphatic carbocycles. The second kappa shape index (κ2) is 3.87. The molecule has 0 aromatic heterocycles. The average Bonchev–Trinajstić information content (AvgIpc) is 1.82. The molecule has 2 unspecified atom stereocenters. The molecule has 0 aromatic rings. The summed E-state index contributed by atoms with van der Waals surface area (Å²) in [6.45, 7) is 0. The fraction of sp³-hybridized carbons (Fsp3) is 0.875. The van der Waals surface area contributed by atoms with Crippen molar-refractivity contribution >= 4 is 5.97 Å². The highest BCUT2D eigenvalue weighted by Crippen LogP contribution is 2.31. The first-order chi connectivity index (χ1) is 5.61. The summed E-state index contributed by atoms with van der Waals surface area (Å²) in [5.41, 5.74) is 5.27. The first-order valence-electron chi connectivity index (χ1n) is 4.27. The van der Waals surface area contributed by atoms with E-state index in [1.54, 1.807) is 0 Å². The molecule has 12 heavy (non-hydrogen) atoms. The molecule has 0 spiro atoms. The molecule has 2 atom stereocenters. The highest BCUT2D eigenvalue weighted by Gasteiger charge is 2.28. The number of aliphatic carboxylic acids is 1. The highest BCUT2D eigenvalue weighted by atomic mass is 16.4. The molecule has 0 amide bonds. The minimum atomic E-state index is -1.03. The van der Waals surface area contributed by atoms with E-state index in [2.05, 4.69) is 0 Å². The molecule has 4 N–H and O–H groups in total. The fourth-order valence-corrected chi connectivity index (χ4v) is 1.38. The van der Waals surface area contributed by atoms with Crippen molar-refractivity contribution in [2.75, 3.05) is 0 Å². The number of nitrogens with two attached hydrogens (primary N) is 1. The number of hydrogen-bond donors (Lipinski definition) is 3. The lowest BCUT2D eigenvalue weighted by atomic mass is 9.79. The van der Waals surface area contributed by atoms with Gasteiger partial charge in [0.05, 0.1) is 6.10 Å². The van der Waals surface area contributed by atoms with Gasteiger partial charge in [-0.3, -0.25) is 4.79 Å². The molecule has 0 bridgehead atoms. The van der Waals surface area contributed by atoms with Gasteiger partial charge in [-0.05, 0) is 25.2 Å². The van der Waals surface area contributed by atoms with Gasteiger partial charge in [-0.2, -0.15) is 0 Å². The maximum atomic E-state index is 10.3. The summed E-state index contributed by atoms with van der Waals surface area (Å²) in [7, 11) is 0. The molecule has 0 radical (unpaired) electrons. The van der Waals surface area contributed by atoms with Crippen LogP contribution in [0.5, 0.6) is 0 Å². The van der Waals surface area contributed by atoms with Gasteiger partial charge in [0.15, 0.2) is 0 Å². The summed E-state index contributed by atoms with van der Waals surface area (Å²) < 4.78 is 0. The zero-order valence-corrected chi connectivity index (χ0v) is 6.94. The van der Waals surface area contributed by atoms with Gasteiger partial charge in [0.2, 0.25) is 0 Å². The predicted molar refractivity (Wildman–Crippen MR) is 43.6 cm³/mol. The lowest BCUT2D eigenvalue weighted by Crippen LogP contribution is -2.38. The third-order valence-corrected chi connectivity index (χ3v) is 2.51. The van der Waals surface area contributed by atoms with Crippen LogP contribution in [0.4, 0.5) is 0 Å². The van der Waals surface area contributed by atoms with E-state index in [4.69, 9.17) is 10.8 Å². The van der Waals surface area contributed by atoms with E-state index < -0.39 is 18.1 Å². The summed E-state index contributed by atoms with van der Waals surface area (Å²) in [6.07, 6.45) is 2.82. The Bertz CT molecular complexity index is 168. The van der Waals surface area contributed by atoms with Gasteiger partial charge < -0.3 is 15.9 Å². The average molecular weight is 173 g/mol. The Hall–Kier alpha value is -0.610. The van der Waals surface area contributed by atoms with Crippen molar-refractivity contribution in [2.45, 2.75) is 37.8 Å². The third-order valence-electron chi connectivity index (χ3n) is 2.51. The third kappa shape index (κ3) is 2.19. The van der Waals surface area contributed by atoms with Crippen molar-refractivity contribution in [3.8, 4) is 0 Å². The smallest absolute Gasteiger partial charge is 0.320 e. The molecule has 1 saturated carbocycles. The summed E-state index contributed by atoms with van der Waals surface area (Å²) in [4.78, 5) is 10.3. The topological polar surface area (TPSA) is 83.5 Å². The lowest BCUT2D eigenvalue weighted by Gasteiger charge is -2.30. The molecular formula is C8H15NO3. The van der Waals surface area contributed by atoms with Gasteiger partial charge in [0.25, 0.3) is 0 Å². The molecule has 4 nitrogen and oxygen atoms in total. The number of aliphatic hydroxyl groups excluding tert-OH is 1. The van der Waals surface area contributed by atoms with Gasteiger partial charge in [-0.1, -0.05) is 6.42 Å². The molecule has 4 heteroatoms. The molecular weight excluding hydrogens is 158 g/mol. The largest absolute Gasteiger partial charge is 0.480 e. The van der Waals surface area contributed by atoms with Gasteiger partial charge in [-0.25, -0.2) is 0 Å². The molecule has 0 saturated heterocycles. The zero-order valence-electron chi connectivity index (χ0n) is 6.94. The molecule has 0 aromatic carbocycles. The Balaban J connectivity index is 2.24. The van der Waals surface area contributed by atoms with Gasteiger partial charge in [0.1, 0.15) is 6.04 Å². The second-order valence-corrected chi connectivity index (χ2v) is 3.44. The summed E-state index contributed by atoms with van der Waals surface area (Å²) >= 11 is 0. The van der Waals surface area contributed by atoms with Crippen LogP contribution in [0.1, 0.15) is 25.7 Å². The van der Waals surface area contributed by atoms with Crippen LogP contribution in [0.15, 0.2) is 0 Å². The number of aliphatic hydroxyl groups is 1. The van der Waals surface area contributed by atoms with Crippen LogP contribution in [0.2, 0.25) is 0 Å². The van der Waals surface area contributed by atoms with Crippen molar-refractivity contribution in [3.63, 3.8) is 0 Å². The van der Waals surface area contributed by atoms with E-state index in [-0.39, 0.29) is 12.3 Å². The SMILES string of the molecule is NC(CC(O)C1CCC1)C(=O)O. The predicted octanol–water partition coefficient (Wildman–Crippen LogP) is -0.0506. The maximum absolute atomic E-state index is 10.3. The molecule has 0 aliphatic heterocycles. The minimum Gasteiger partial charge on any atom is -0.480 e. The van der Waals surface area contributed by atoms with Crippen LogP contribution in [0.25, 0.3) is 0 Å². The lowest BCUT2D eigenvalue weighted by molar-refractivity contribution is -0.139. The second-order valence-electron chi connectivity index (χ2n) is 3.44. The summed E-state index contributed by atoms with van der Waals surface area (Å²) in [5.74, 6) is -0.747. The van der Waals surface area contributed by atoms with E-state index in [9.17, 15) is 9.90 Å². The molecule has 70 valence electrons. The first kappa shape index (κ1) is 9.48. The molecule has 1 rings (SSSR count). The van der Waals surface area contributed by atoms with Gasteiger partial charge in [-0.15, -0.1) is 0 Å². The number of carboxylic acid groups (broad SMARTS) is 1. The van der Waals surface area contributed by atoms with Crippen molar-refractivity contribution in [3.05, 3.63) is 0 Å². The van der Waals surface area contributed by atoms with Crippen molar-refractivity contribution in [1.82, 2.24) is 0 Å². The first-order valence-corrected chi connectivity index (χ1v) is 4.27. The molecule has 1 fully saturated rings. The quantitative estimate of drug-likeness (QED) is 0.556. The highest BCUT2D eigenvalue weighted by molar-refractivity contribution is 5.73. The van der Waals surface area contributed by atoms with Crippen LogP contribution in [0, 0.1) is 5.92 Å². The van der Waals surface area contributed by atoms with E-state index in [0.29, 0.717) is 0 Å². The number of carboxylic acids is 1. The summed E-state index contributed by atoms with van der Waals surface area (Å²) in [5, 5.41) is 17.9. The fourth-order valence-electron chi connectivity index (χ4n) is 1.38. The number of carbonyl (C=O) groups is 1. The Labute approximate surface area is 71.4 Å². The Kier molecular flexibility index (Phi) is 3.05. The van der Waals surface area contributed by atoms with Crippen molar-refractivity contribution < 1.29 is 15.0 Å². The Morgan fingerprint density at radius 2 is 2.17 bits per heavy atom. The van der Waals surface area contributed by atoms with Crippen LogP contribution in [-0.4, -0.2) is 28.3 Å². The number of hydrogen-bond acceptors (Lipinski definition) is 3. The standard InChI is InChI=1S/C8H15NO3/c9-6(8(11)12)4-7(10)5-2-1-3-5/h5-7,10H,1-4,9H2,(H,11,12). The van der Waals surface area contributed by atoms with Crippen LogP contribution in [0.3, 0.4) is 0 Å². The Morgan fingerprint density at radius 3 is 2.50 bits per heavy atom. The molecule has 1 aliphatic rings. The van der Waals surface area contributed by atoms with Crippen LogP contribution >= 0.6 is 0 Å². The summed E-state index contributed by atoms with van der Waals surface area (Å²) in [6, 6.07) is -0.916. The monoisotopic (exact) mass is 173 g/mol. The molecule has 0 heterocycles. The van der Waals surface area contributed by atoms with Gasteiger partial charge >= 0.3 is 5.97 Å². The van der Waals surface area contributed by atoms with E-state index in [1.165, 1.54) is 0 Å². The van der Waals surface area contributed by atoms with E-state index >= 15 is 0 Å².